The zero-order valence-corrected chi connectivity index (χ0v) is 18.2. The Labute approximate surface area is 181 Å². The Balaban J connectivity index is 1.82. The van der Waals surface area contributed by atoms with Crippen LogP contribution in [0.5, 0.6) is 0 Å². The average molecular weight is 413 g/mol. The predicted molar refractivity (Wildman–Crippen MR) is 123 cm³/mol. The highest BCUT2D eigenvalue weighted by Crippen LogP contribution is 2.30. The number of nitrogens with zero attached hydrogens (tertiary/aromatic N) is 8. The molecule has 1 aliphatic rings. The number of anilines is 1. The van der Waals surface area contributed by atoms with Crippen LogP contribution in [0.4, 0.5) is 11.5 Å². The zero-order valence-electron chi connectivity index (χ0n) is 18.2. The van der Waals surface area contributed by atoms with Crippen LogP contribution in [0.2, 0.25) is 0 Å². The van der Waals surface area contributed by atoms with Crippen molar-refractivity contribution in [2.75, 3.05) is 18.0 Å². The molecule has 0 saturated carbocycles. The minimum absolute atomic E-state index is 0.217. The maximum Gasteiger partial charge on any atom is 0.323 e. The van der Waals surface area contributed by atoms with E-state index in [1.807, 2.05) is 44.2 Å². The lowest BCUT2D eigenvalue weighted by Gasteiger charge is -2.20. The number of fused-ring (bicyclic) bond motifs is 1. The van der Waals surface area contributed by atoms with Crippen molar-refractivity contribution in [1.82, 2.24) is 19.6 Å². The Morgan fingerprint density at radius 1 is 1.10 bits per heavy atom. The van der Waals surface area contributed by atoms with E-state index < -0.39 is 0 Å². The summed E-state index contributed by atoms with van der Waals surface area (Å²) in [5, 5.41) is 4.51. The molecule has 0 bridgehead atoms. The Hall–Kier alpha value is -3.86. The summed E-state index contributed by atoms with van der Waals surface area (Å²) in [6, 6.07) is 9.63. The summed E-state index contributed by atoms with van der Waals surface area (Å²) in [6.45, 7) is 17.6. The molecule has 4 rings (SSSR count). The maximum atomic E-state index is 7.61. The highest BCUT2D eigenvalue weighted by Gasteiger charge is 2.33. The molecular formula is C23H24N8. The summed E-state index contributed by atoms with van der Waals surface area (Å²) in [5.74, 6) is 1.70. The highest BCUT2D eigenvalue weighted by atomic mass is 15.4. The van der Waals surface area contributed by atoms with Gasteiger partial charge in [-0.05, 0) is 56.6 Å². The van der Waals surface area contributed by atoms with Crippen molar-refractivity contribution in [2.45, 2.75) is 34.1 Å². The second-order valence-electron chi connectivity index (χ2n) is 7.05. The molecule has 4 heterocycles. The van der Waals surface area contributed by atoms with Crippen molar-refractivity contribution >= 4 is 23.1 Å². The van der Waals surface area contributed by atoms with Gasteiger partial charge in [0.05, 0.1) is 22.8 Å². The van der Waals surface area contributed by atoms with E-state index in [9.17, 15) is 0 Å². The summed E-state index contributed by atoms with van der Waals surface area (Å²) in [6.07, 6.45) is 2.46. The number of aliphatic imine (C=N–C) groups is 1. The van der Waals surface area contributed by atoms with Crippen LogP contribution >= 0.6 is 0 Å². The lowest BCUT2D eigenvalue weighted by Crippen LogP contribution is -2.23. The number of rotatable bonds is 6. The first-order valence-electron chi connectivity index (χ1n) is 10.4. The van der Waals surface area contributed by atoms with Gasteiger partial charge in [-0.3, -0.25) is 9.98 Å². The second-order valence-corrected chi connectivity index (χ2v) is 7.05. The molecule has 1 aliphatic heterocycles. The molecule has 0 radical (unpaired) electrons. The predicted octanol–water partition coefficient (Wildman–Crippen LogP) is 4.27. The minimum Gasteiger partial charge on any atom is -0.357 e. The van der Waals surface area contributed by atoms with Gasteiger partial charge >= 0.3 is 5.84 Å². The van der Waals surface area contributed by atoms with Gasteiger partial charge < -0.3 is 9.74 Å². The number of aryl methyl sites for hydroxylation is 2. The number of aromatic nitrogens is 4. The van der Waals surface area contributed by atoms with Gasteiger partial charge in [0.2, 0.25) is 0 Å². The Morgan fingerprint density at radius 3 is 2.52 bits per heavy atom. The number of amidine groups is 1. The van der Waals surface area contributed by atoms with E-state index in [2.05, 4.69) is 33.7 Å². The molecule has 0 fully saturated rings. The van der Waals surface area contributed by atoms with Gasteiger partial charge in [-0.25, -0.2) is 9.97 Å². The Kier molecular flexibility index (Phi) is 5.58. The summed E-state index contributed by atoms with van der Waals surface area (Å²) in [4.78, 5) is 24.5. The molecular weight excluding hydrogens is 388 g/mol. The second kappa shape index (κ2) is 8.48. The van der Waals surface area contributed by atoms with Crippen LogP contribution in [-0.4, -0.2) is 44.3 Å². The van der Waals surface area contributed by atoms with Crippen LogP contribution in [0.1, 0.15) is 38.0 Å². The molecule has 0 N–H and O–H groups in total. The van der Waals surface area contributed by atoms with Crippen molar-refractivity contribution < 1.29 is 0 Å². The lowest BCUT2D eigenvalue weighted by molar-refractivity contribution is 0.842. The molecule has 8 nitrogen and oxygen atoms in total. The van der Waals surface area contributed by atoms with Crippen LogP contribution in [0.3, 0.4) is 0 Å². The minimum atomic E-state index is 0.217. The van der Waals surface area contributed by atoms with Crippen molar-refractivity contribution in [1.29, 1.82) is 0 Å². The Bertz CT molecular complexity index is 1210. The number of hydrogen-bond donors (Lipinski definition) is 0. The largest absolute Gasteiger partial charge is 0.357 e. The van der Waals surface area contributed by atoms with E-state index in [0.717, 1.165) is 48.1 Å². The van der Waals surface area contributed by atoms with E-state index in [1.54, 1.807) is 10.9 Å². The summed E-state index contributed by atoms with van der Waals surface area (Å²) in [5.41, 5.74) is 4.42. The summed E-state index contributed by atoms with van der Waals surface area (Å²) < 4.78 is 1.69. The number of hydrogen-bond acceptors (Lipinski definition) is 6. The van der Waals surface area contributed by atoms with Crippen molar-refractivity contribution in [3.8, 4) is 11.4 Å². The van der Waals surface area contributed by atoms with Crippen molar-refractivity contribution in [3.63, 3.8) is 0 Å². The van der Waals surface area contributed by atoms with Gasteiger partial charge in [0.1, 0.15) is 17.2 Å². The molecule has 31 heavy (non-hydrogen) atoms. The first-order valence-corrected chi connectivity index (χ1v) is 10.4. The fourth-order valence-electron chi connectivity index (χ4n) is 3.63. The molecule has 0 saturated heterocycles. The monoisotopic (exact) mass is 412 g/mol. The molecule has 156 valence electrons. The van der Waals surface area contributed by atoms with Crippen LogP contribution in [0.15, 0.2) is 46.6 Å². The molecule has 0 amide bonds. The molecule has 0 aromatic carbocycles. The third kappa shape index (κ3) is 3.59. The maximum absolute atomic E-state index is 7.61. The van der Waals surface area contributed by atoms with E-state index in [-0.39, 0.29) is 5.84 Å². The van der Waals surface area contributed by atoms with Gasteiger partial charge in [-0.1, -0.05) is 19.6 Å². The fourth-order valence-corrected chi connectivity index (χ4v) is 3.63. The number of imidazole rings is 1. The molecule has 0 unspecified atom stereocenters. The van der Waals surface area contributed by atoms with Gasteiger partial charge in [-0.15, -0.1) is 4.68 Å². The fraction of sp³-hybridized carbons (Fsp3) is 0.304. The van der Waals surface area contributed by atoms with E-state index in [4.69, 9.17) is 21.5 Å². The quantitative estimate of drug-likeness (QED) is 0.567. The van der Waals surface area contributed by atoms with Crippen molar-refractivity contribution in [2.24, 2.45) is 10.1 Å². The smallest absolute Gasteiger partial charge is 0.323 e. The SMILES string of the molecule is [C-]#[N+]C1=Nn2c(nc(CC)c2-c2ccccn2)/C1=N\c1ccc(N(CC)CC)nc1C. The van der Waals surface area contributed by atoms with E-state index >= 15 is 0 Å². The van der Waals surface area contributed by atoms with E-state index in [0.29, 0.717) is 17.2 Å². The molecule has 0 atom stereocenters. The van der Waals surface area contributed by atoms with Gasteiger partial charge in [0.15, 0.2) is 5.82 Å². The average Bonchev–Trinajstić information content (AvgIpc) is 3.32. The van der Waals surface area contributed by atoms with Crippen LogP contribution in [-0.2, 0) is 6.42 Å². The topological polar surface area (TPSA) is 75.9 Å². The lowest BCUT2D eigenvalue weighted by atomic mass is 10.2. The number of pyridine rings is 2. The third-order valence-electron chi connectivity index (χ3n) is 5.26. The molecule has 8 heteroatoms. The van der Waals surface area contributed by atoms with Crippen LogP contribution < -0.4 is 4.90 Å². The first-order chi connectivity index (χ1) is 15.1. The van der Waals surface area contributed by atoms with Gasteiger partial charge in [-0.2, -0.15) is 0 Å². The first kappa shape index (κ1) is 20.4. The molecule has 3 aromatic heterocycles. The normalized spacial score (nSPS) is 13.8. The highest BCUT2D eigenvalue weighted by molar-refractivity contribution is 6.51. The third-order valence-corrected chi connectivity index (χ3v) is 5.26. The molecule has 0 spiro atoms. The zero-order chi connectivity index (χ0) is 22.0. The molecule has 3 aromatic rings. The standard InChI is InChI=1S/C23H24N8/c1-6-16-21(18-11-9-10-14-25-18)31-23(28-16)20(22(24-5)29-31)27-17-12-13-19(26-15(17)4)30(7-2)8-3/h9-14H,6-8H2,1-4H3/b27-20-. The van der Waals surface area contributed by atoms with Crippen LogP contribution in [0, 0.1) is 13.5 Å². The van der Waals surface area contributed by atoms with Gasteiger partial charge in [0, 0.05) is 19.3 Å². The van der Waals surface area contributed by atoms with Crippen LogP contribution in [0.25, 0.3) is 16.2 Å². The van der Waals surface area contributed by atoms with E-state index in [1.165, 1.54) is 0 Å². The molecule has 0 aliphatic carbocycles. The summed E-state index contributed by atoms with van der Waals surface area (Å²) in [7, 11) is 0. The van der Waals surface area contributed by atoms with Gasteiger partial charge in [0.25, 0.3) is 0 Å². The Morgan fingerprint density at radius 2 is 1.90 bits per heavy atom. The summed E-state index contributed by atoms with van der Waals surface area (Å²) >= 11 is 0. The van der Waals surface area contributed by atoms with Crippen molar-refractivity contribution in [3.05, 3.63) is 65.2 Å².